The Labute approximate surface area is 89.5 Å². The van der Waals surface area contributed by atoms with E-state index >= 15 is 0 Å². The van der Waals surface area contributed by atoms with Crippen molar-refractivity contribution in [2.24, 2.45) is 0 Å². The van der Waals surface area contributed by atoms with Gasteiger partial charge in [0.15, 0.2) is 5.76 Å². The fourth-order valence-electron chi connectivity index (χ4n) is 1.31. The average Bonchev–Trinajstić information content (AvgIpc) is 2.45. The molecule has 4 nitrogen and oxygen atoms in total. The molecule has 0 fully saturated rings. The van der Waals surface area contributed by atoms with Gasteiger partial charge in [0.1, 0.15) is 6.54 Å². The predicted octanol–water partition coefficient (Wildman–Crippen LogP) is 1.62. The van der Waals surface area contributed by atoms with E-state index in [2.05, 4.69) is 11.7 Å². The van der Waals surface area contributed by atoms with Crippen molar-refractivity contribution in [2.75, 3.05) is 6.61 Å². The molecule has 0 saturated carbocycles. The van der Waals surface area contributed by atoms with Crippen molar-refractivity contribution in [3.8, 4) is 0 Å². The zero-order chi connectivity index (χ0) is 11.4. The topological polar surface area (TPSA) is 44.1 Å². The summed E-state index contributed by atoms with van der Waals surface area (Å²) >= 11 is 0. The zero-order valence-corrected chi connectivity index (χ0v) is 9.41. The number of carbonyl (C=O) groups is 1. The molecule has 0 N–H and O–H groups in total. The lowest BCUT2D eigenvalue weighted by Gasteiger charge is -2.06. The van der Waals surface area contributed by atoms with E-state index in [9.17, 15) is 4.79 Å². The number of ether oxygens (including phenoxy) is 1. The van der Waals surface area contributed by atoms with Gasteiger partial charge < -0.3 is 4.74 Å². The van der Waals surface area contributed by atoms with Crippen LogP contribution < -0.4 is 0 Å². The van der Waals surface area contributed by atoms with Crippen LogP contribution in [0, 0.1) is 13.8 Å². The van der Waals surface area contributed by atoms with Gasteiger partial charge in [-0.05, 0) is 26.8 Å². The fraction of sp³-hybridized carbons (Fsp3) is 0.455. The van der Waals surface area contributed by atoms with Gasteiger partial charge in [-0.25, -0.2) is 0 Å². The molecule has 1 aromatic rings. The number of allylic oxidation sites excluding steroid dienone is 1. The SMILES string of the molecule is C=C(OCC)C(=O)Cn1nc(C)cc1C. The van der Waals surface area contributed by atoms with E-state index in [1.807, 2.05) is 26.8 Å². The van der Waals surface area contributed by atoms with Gasteiger partial charge in [0.25, 0.3) is 0 Å². The molecule has 1 heterocycles. The predicted molar refractivity (Wildman–Crippen MR) is 57.5 cm³/mol. The maximum atomic E-state index is 11.6. The summed E-state index contributed by atoms with van der Waals surface area (Å²) in [7, 11) is 0. The first kappa shape index (κ1) is 11.5. The minimum absolute atomic E-state index is 0.136. The molecule has 1 aromatic heterocycles. The van der Waals surface area contributed by atoms with Gasteiger partial charge in [0.05, 0.1) is 12.3 Å². The van der Waals surface area contributed by atoms with Crippen LogP contribution >= 0.6 is 0 Å². The van der Waals surface area contributed by atoms with Crippen molar-refractivity contribution >= 4 is 5.78 Å². The first-order valence-electron chi connectivity index (χ1n) is 4.90. The number of ketones is 1. The van der Waals surface area contributed by atoms with E-state index in [0.717, 1.165) is 11.4 Å². The Morgan fingerprint density at radius 2 is 2.27 bits per heavy atom. The van der Waals surface area contributed by atoms with Gasteiger partial charge in [0.2, 0.25) is 5.78 Å². The molecule has 15 heavy (non-hydrogen) atoms. The molecule has 0 atom stereocenters. The fourth-order valence-corrected chi connectivity index (χ4v) is 1.31. The number of hydrogen-bond acceptors (Lipinski definition) is 3. The lowest BCUT2D eigenvalue weighted by atomic mass is 10.3. The summed E-state index contributed by atoms with van der Waals surface area (Å²) in [5.41, 5.74) is 1.87. The maximum absolute atomic E-state index is 11.6. The molecular weight excluding hydrogens is 192 g/mol. The number of hydrogen-bond donors (Lipinski definition) is 0. The van der Waals surface area contributed by atoms with Crippen LogP contribution in [0.5, 0.6) is 0 Å². The lowest BCUT2D eigenvalue weighted by molar-refractivity contribution is -0.119. The van der Waals surface area contributed by atoms with Gasteiger partial charge in [0, 0.05) is 5.69 Å². The largest absolute Gasteiger partial charge is 0.491 e. The number of rotatable bonds is 5. The molecule has 0 aliphatic heterocycles. The van der Waals surface area contributed by atoms with E-state index in [1.165, 1.54) is 0 Å². The number of aryl methyl sites for hydroxylation is 2. The molecule has 0 aliphatic carbocycles. The number of aromatic nitrogens is 2. The Balaban J connectivity index is 2.66. The molecule has 0 unspecified atom stereocenters. The Morgan fingerprint density at radius 3 is 2.73 bits per heavy atom. The van der Waals surface area contributed by atoms with E-state index in [0.29, 0.717) is 6.61 Å². The molecule has 0 amide bonds. The standard InChI is InChI=1S/C11H16N2O2/c1-5-15-10(4)11(14)7-13-9(3)6-8(2)12-13/h6H,4-5,7H2,1-3H3. The summed E-state index contributed by atoms with van der Waals surface area (Å²) in [5, 5.41) is 4.19. The monoisotopic (exact) mass is 208 g/mol. The van der Waals surface area contributed by atoms with Crippen LogP contribution in [0.25, 0.3) is 0 Å². The third-order valence-corrected chi connectivity index (χ3v) is 2.03. The zero-order valence-electron chi connectivity index (χ0n) is 9.41. The third kappa shape index (κ3) is 2.94. The van der Waals surface area contributed by atoms with Crippen molar-refractivity contribution in [1.82, 2.24) is 9.78 Å². The summed E-state index contributed by atoms with van der Waals surface area (Å²) in [5.74, 6) is 0.0631. The molecule has 1 rings (SSSR count). The summed E-state index contributed by atoms with van der Waals surface area (Å²) < 4.78 is 6.69. The van der Waals surface area contributed by atoms with E-state index in [1.54, 1.807) is 4.68 Å². The normalized spacial score (nSPS) is 10.1. The Bertz CT molecular complexity index is 380. The first-order valence-corrected chi connectivity index (χ1v) is 4.90. The van der Waals surface area contributed by atoms with Crippen molar-refractivity contribution in [3.63, 3.8) is 0 Å². The van der Waals surface area contributed by atoms with Crippen molar-refractivity contribution in [3.05, 3.63) is 29.8 Å². The summed E-state index contributed by atoms with van der Waals surface area (Å²) in [6.45, 7) is 9.85. The Morgan fingerprint density at radius 1 is 1.60 bits per heavy atom. The molecule has 0 radical (unpaired) electrons. The highest BCUT2D eigenvalue weighted by molar-refractivity contribution is 5.92. The molecule has 0 spiro atoms. The van der Waals surface area contributed by atoms with Crippen LogP contribution in [-0.4, -0.2) is 22.2 Å². The third-order valence-electron chi connectivity index (χ3n) is 2.03. The highest BCUT2D eigenvalue weighted by atomic mass is 16.5. The van der Waals surface area contributed by atoms with Crippen LogP contribution in [0.15, 0.2) is 18.4 Å². The Kier molecular flexibility index (Phi) is 3.66. The van der Waals surface area contributed by atoms with Gasteiger partial charge in [-0.1, -0.05) is 6.58 Å². The number of Topliss-reactive ketones (excluding diaryl/α,β-unsaturated/α-hetero) is 1. The summed E-state index contributed by atoms with van der Waals surface area (Å²) in [6.07, 6.45) is 0. The quantitative estimate of drug-likeness (QED) is 0.545. The van der Waals surface area contributed by atoms with Crippen molar-refractivity contribution in [1.29, 1.82) is 0 Å². The smallest absolute Gasteiger partial charge is 0.218 e. The van der Waals surface area contributed by atoms with Crippen LogP contribution in [0.4, 0.5) is 0 Å². The van der Waals surface area contributed by atoms with Crippen LogP contribution in [0.3, 0.4) is 0 Å². The highest BCUT2D eigenvalue weighted by Gasteiger charge is 2.11. The van der Waals surface area contributed by atoms with Gasteiger partial charge in [-0.2, -0.15) is 5.10 Å². The van der Waals surface area contributed by atoms with Crippen molar-refractivity contribution < 1.29 is 9.53 Å². The van der Waals surface area contributed by atoms with Crippen LogP contribution in [0.2, 0.25) is 0 Å². The molecule has 0 bridgehead atoms. The maximum Gasteiger partial charge on any atom is 0.218 e. The second-order valence-electron chi connectivity index (χ2n) is 3.36. The van der Waals surface area contributed by atoms with Gasteiger partial charge in [-0.3, -0.25) is 9.48 Å². The second-order valence-corrected chi connectivity index (χ2v) is 3.36. The summed E-state index contributed by atoms with van der Waals surface area (Å²) in [6, 6.07) is 1.93. The molecular formula is C11H16N2O2. The van der Waals surface area contributed by atoms with E-state index in [-0.39, 0.29) is 18.1 Å². The minimum Gasteiger partial charge on any atom is -0.491 e. The molecule has 82 valence electrons. The van der Waals surface area contributed by atoms with Crippen molar-refractivity contribution in [2.45, 2.75) is 27.3 Å². The lowest BCUT2D eigenvalue weighted by Crippen LogP contribution is -2.15. The first-order chi connectivity index (χ1) is 7.04. The van der Waals surface area contributed by atoms with Gasteiger partial charge in [-0.15, -0.1) is 0 Å². The van der Waals surface area contributed by atoms with Crippen LogP contribution in [-0.2, 0) is 16.1 Å². The van der Waals surface area contributed by atoms with Crippen LogP contribution in [0.1, 0.15) is 18.3 Å². The molecule has 0 saturated heterocycles. The van der Waals surface area contributed by atoms with E-state index in [4.69, 9.17) is 4.74 Å². The summed E-state index contributed by atoms with van der Waals surface area (Å²) in [4.78, 5) is 11.6. The number of carbonyl (C=O) groups excluding carboxylic acids is 1. The van der Waals surface area contributed by atoms with Gasteiger partial charge >= 0.3 is 0 Å². The molecule has 0 aromatic carbocycles. The number of nitrogens with zero attached hydrogens (tertiary/aromatic N) is 2. The second kappa shape index (κ2) is 4.77. The minimum atomic E-state index is -0.136. The van der Waals surface area contributed by atoms with E-state index < -0.39 is 0 Å². The molecule has 0 aliphatic rings. The highest BCUT2D eigenvalue weighted by Crippen LogP contribution is 2.04. The average molecular weight is 208 g/mol. The Hall–Kier alpha value is -1.58. The molecule has 4 heteroatoms.